The molecule has 0 aromatic heterocycles. The van der Waals surface area contributed by atoms with Gasteiger partial charge in [0, 0.05) is 5.56 Å². The predicted octanol–water partition coefficient (Wildman–Crippen LogP) is 1.23. The van der Waals surface area contributed by atoms with Crippen LogP contribution in [-0.4, -0.2) is 12.2 Å². The molecule has 1 aromatic rings. The standard InChI is InChI=1S/C8H7ClF2N4/c9-6-5(10)2-1-4(7(6)11)3-14-15-8(12)13/h1-3H,(H4,12,13,15). The number of nitrogens with two attached hydrogens (primary N) is 2. The molecule has 0 spiro atoms. The van der Waals surface area contributed by atoms with Gasteiger partial charge in [0.1, 0.15) is 10.8 Å². The zero-order chi connectivity index (χ0) is 11.4. The van der Waals surface area contributed by atoms with Crippen molar-refractivity contribution in [3.05, 3.63) is 34.4 Å². The summed E-state index contributed by atoms with van der Waals surface area (Å²) in [6.45, 7) is 0. The number of guanidine groups is 1. The number of benzene rings is 1. The van der Waals surface area contributed by atoms with Crippen LogP contribution in [0.4, 0.5) is 8.78 Å². The molecule has 1 rings (SSSR count). The predicted molar refractivity (Wildman–Crippen MR) is 54.8 cm³/mol. The topological polar surface area (TPSA) is 76.8 Å². The average Bonchev–Trinajstić information content (AvgIpc) is 2.18. The summed E-state index contributed by atoms with van der Waals surface area (Å²) in [4.78, 5) is 0. The smallest absolute Gasteiger partial charge is 0.211 e. The Labute approximate surface area is 89.2 Å². The second kappa shape index (κ2) is 4.70. The number of hydrogen-bond acceptors (Lipinski definition) is 2. The Kier molecular flexibility index (Phi) is 3.56. The van der Waals surface area contributed by atoms with Crippen molar-refractivity contribution in [2.75, 3.05) is 0 Å². The van der Waals surface area contributed by atoms with E-state index in [1.54, 1.807) is 0 Å². The zero-order valence-corrected chi connectivity index (χ0v) is 8.17. The highest BCUT2D eigenvalue weighted by molar-refractivity contribution is 6.31. The van der Waals surface area contributed by atoms with E-state index in [4.69, 9.17) is 23.1 Å². The summed E-state index contributed by atoms with van der Waals surface area (Å²) in [6, 6.07) is 2.19. The molecule has 0 aliphatic carbocycles. The van der Waals surface area contributed by atoms with E-state index < -0.39 is 16.7 Å². The van der Waals surface area contributed by atoms with Crippen LogP contribution in [0.1, 0.15) is 5.56 Å². The third-order valence-electron chi connectivity index (χ3n) is 1.44. The molecule has 0 bridgehead atoms. The SMILES string of the molecule is NC(N)=NN=Cc1ccc(F)c(Cl)c1F. The van der Waals surface area contributed by atoms with Gasteiger partial charge in [-0.1, -0.05) is 11.6 Å². The Hall–Kier alpha value is -1.69. The summed E-state index contributed by atoms with van der Waals surface area (Å²) in [5.41, 5.74) is 9.96. The van der Waals surface area contributed by atoms with Crippen molar-refractivity contribution in [1.29, 1.82) is 0 Å². The van der Waals surface area contributed by atoms with E-state index in [1.807, 2.05) is 0 Å². The largest absolute Gasteiger partial charge is 0.369 e. The monoisotopic (exact) mass is 232 g/mol. The van der Waals surface area contributed by atoms with Gasteiger partial charge in [-0.05, 0) is 12.1 Å². The first-order valence-corrected chi connectivity index (χ1v) is 4.15. The van der Waals surface area contributed by atoms with E-state index in [2.05, 4.69) is 10.2 Å². The fourth-order valence-corrected chi connectivity index (χ4v) is 0.970. The molecule has 0 unspecified atom stereocenters. The minimum absolute atomic E-state index is 0.00796. The molecule has 0 atom stereocenters. The van der Waals surface area contributed by atoms with Gasteiger partial charge >= 0.3 is 0 Å². The van der Waals surface area contributed by atoms with Crippen LogP contribution in [0, 0.1) is 11.6 Å². The fourth-order valence-electron chi connectivity index (χ4n) is 0.798. The van der Waals surface area contributed by atoms with Gasteiger partial charge in [0.2, 0.25) is 5.96 Å². The van der Waals surface area contributed by atoms with Crippen molar-refractivity contribution in [3.63, 3.8) is 0 Å². The summed E-state index contributed by atoms with van der Waals surface area (Å²) in [6.07, 6.45) is 1.03. The maximum absolute atomic E-state index is 13.2. The van der Waals surface area contributed by atoms with Crippen molar-refractivity contribution in [2.24, 2.45) is 21.7 Å². The molecule has 7 heteroatoms. The second-order valence-electron chi connectivity index (χ2n) is 2.53. The average molecular weight is 233 g/mol. The molecule has 0 fully saturated rings. The molecular weight excluding hydrogens is 226 g/mol. The lowest BCUT2D eigenvalue weighted by atomic mass is 10.2. The van der Waals surface area contributed by atoms with Crippen LogP contribution < -0.4 is 11.5 Å². The summed E-state index contributed by atoms with van der Waals surface area (Å²) in [5, 5.41) is 6.02. The molecule has 4 N–H and O–H groups in total. The van der Waals surface area contributed by atoms with Gasteiger partial charge in [-0.3, -0.25) is 0 Å². The van der Waals surface area contributed by atoms with Crippen molar-refractivity contribution >= 4 is 23.8 Å². The van der Waals surface area contributed by atoms with Crippen LogP contribution >= 0.6 is 11.6 Å². The highest BCUT2D eigenvalue weighted by Crippen LogP contribution is 2.20. The first kappa shape index (κ1) is 11.4. The molecule has 1 aromatic carbocycles. The van der Waals surface area contributed by atoms with Crippen LogP contribution in [0.3, 0.4) is 0 Å². The third-order valence-corrected chi connectivity index (χ3v) is 1.78. The summed E-state index contributed by atoms with van der Waals surface area (Å²) in [7, 11) is 0. The molecule has 0 radical (unpaired) electrons. The van der Waals surface area contributed by atoms with Gasteiger partial charge < -0.3 is 11.5 Å². The van der Waals surface area contributed by atoms with Crippen LogP contribution in [0.25, 0.3) is 0 Å². The van der Waals surface area contributed by atoms with Gasteiger partial charge in [-0.2, -0.15) is 5.10 Å². The van der Waals surface area contributed by atoms with Gasteiger partial charge in [0.25, 0.3) is 0 Å². The summed E-state index contributed by atoms with van der Waals surface area (Å²) in [5.74, 6) is -2.01. The molecule has 15 heavy (non-hydrogen) atoms. The summed E-state index contributed by atoms with van der Waals surface area (Å²) < 4.78 is 25.9. The Morgan fingerprint density at radius 1 is 1.33 bits per heavy atom. The third kappa shape index (κ3) is 2.88. The van der Waals surface area contributed by atoms with E-state index in [0.29, 0.717) is 0 Å². The van der Waals surface area contributed by atoms with Crippen LogP contribution in [-0.2, 0) is 0 Å². The van der Waals surface area contributed by atoms with Crippen molar-refractivity contribution in [3.8, 4) is 0 Å². The van der Waals surface area contributed by atoms with Gasteiger partial charge in [-0.25, -0.2) is 8.78 Å². The minimum Gasteiger partial charge on any atom is -0.369 e. The Bertz CT molecular complexity index is 427. The molecule has 0 saturated heterocycles. The highest BCUT2D eigenvalue weighted by Gasteiger charge is 2.09. The van der Waals surface area contributed by atoms with Crippen molar-refractivity contribution in [2.45, 2.75) is 0 Å². The van der Waals surface area contributed by atoms with E-state index in [1.165, 1.54) is 6.07 Å². The fraction of sp³-hybridized carbons (Fsp3) is 0. The van der Waals surface area contributed by atoms with Crippen LogP contribution in [0.15, 0.2) is 22.3 Å². The van der Waals surface area contributed by atoms with E-state index in [9.17, 15) is 8.78 Å². The normalized spacial score (nSPS) is 10.6. The lowest BCUT2D eigenvalue weighted by Gasteiger charge is -1.98. The van der Waals surface area contributed by atoms with Gasteiger partial charge in [0.05, 0.1) is 6.21 Å². The number of rotatable bonds is 2. The van der Waals surface area contributed by atoms with E-state index in [-0.39, 0.29) is 11.5 Å². The Morgan fingerprint density at radius 2 is 2.00 bits per heavy atom. The van der Waals surface area contributed by atoms with E-state index >= 15 is 0 Å². The molecule has 0 saturated carbocycles. The van der Waals surface area contributed by atoms with Crippen molar-refractivity contribution in [1.82, 2.24) is 0 Å². The molecule has 0 aliphatic rings. The van der Waals surface area contributed by atoms with Crippen LogP contribution in [0.5, 0.6) is 0 Å². The quantitative estimate of drug-likeness (QED) is 0.348. The number of hydrogen-bond donors (Lipinski definition) is 2. The lowest BCUT2D eigenvalue weighted by Crippen LogP contribution is -2.21. The first-order chi connectivity index (χ1) is 7.02. The summed E-state index contributed by atoms with van der Waals surface area (Å²) >= 11 is 5.33. The molecule has 80 valence electrons. The number of nitrogens with zero attached hydrogens (tertiary/aromatic N) is 2. The van der Waals surface area contributed by atoms with E-state index in [0.717, 1.165) is 12.3 Å². The van der Waals surface area contributed by atoms with Gasteiger partial charge in [-0.15, -0.1) is 5.10 Å². The minimum atomic E-state index is -0.911. The maximum Gasteiger partial charge on any atom is 0.211 e. The highest BCUT2D eigenvalue weighted by atomic mass is 35.5. The lowest BCUT2D eigenvalue weighted by molar-refractivity contribution is 0.583. The van der Waals surface area contributed by atoms with Gasteiger partial charge in [0.15, 0.2) is 5.82 Å². The molecule has 0 aliphatic heterocycles. The molecule has 0 amide bonds. The maximum atomic E-state index is 13.2. The van der Waals surface area contributed by atoms with Crippen LogP contribution in [0.2, 0.25) is 5.02 Å². The second-order valence-corrected chi connectivity index (χ2v) is 2.91. The Balaban J connectivity index is 3.02. The molecule has 4 nitrogen and oxygen atoms in total. The Morgan fingerprint density at radius 3 is 2.60 bits per heavy atom. The molecule has 0 heterocycles. The van der Waals surface area contributed by atoms with Crippen molar-refractivity contribution < 1.29 is 8.78 Å². The first-order valence-electron chi connectivity index (χ1n) is 3.78. The molecular formula is C8H7ClF2N4. The number of halogens is 3. The zero-order valence-electron chi connectivity index (χ0n) is 7.42.